The third kappa shape index (κ3) is 3.74. The number of hydrogen-bond acceptors (Lipinski definition) is 5. The van der Waals surface area contributed by atoms with Crippen LogP contribution in [0.4, 0.5) is 0 Å². The van der Waals surface area contributed by atoms with E-state index in [1.165, 1.54) is 24.0 Å². The van der Waals surface area contributed by atoms with Gasteiger partial charge in [0.2, 0.25) is 0 Å². The number of aromatic nitrogens is 1. The van der Waals surface area contributed by atoms with E-state index in [0.29, 0.717) is 24.6 Å². The van der Waals surface area contributed by atoms with Crippen LogP contribution in [0.1, 0.15) is 34.7 Å². The number of allylic oxidation sites excluding steroid dienone is 1. The molecule has 0 bridgehead atoms. The van der Waals surface area contributed by atoms with Crippen molar-refractivity contribution in [2.24, 2.45) is 4.99 Å². The summed E-state index contributed by atoms with van der Waals surface area (Å²) in [5.41, 5.74) is 5.90. The van der Waals surface area contributed by atoms with Gasteiger partial charge >= 0.3 is 0 Å². The first kappa shape index (κ1) is 23.3. The highest BCUT2D eigenvalue weighted by Gasteiger charge is 2.33. The Hall–Kier alpha value is -3.13. The molecule has 8 heteroatoms. The molecule has 3 aromatic carbocycles. The molecular formula is C28H20BrClN2O3S. The lowest BCUT2D eigenvalue weighted by Gasteiger charge is -2.31. The van der Waals surface area contributed by atoms with Crippen molar-refractivity contribution in [3.63, 3.8) is 0 Å². The quantitative estimate of drug-likeness (QED) is 0.351. The summed E-state index contributed by atoms with van der Waals surface area (Å²) in [6.07, 6.45) is 3.49. The number of aromatic hydroxyl groups is 1. The zero-order valence-electron chi connectivity index (χ0n) is 19.2. The van der Waals surface area contributed by atoms with Gasteiger partial charge in [0.05, 0.1) is 27.9 Å². The standard InChI is InChI=1S/C28H20BrClN2O3S/c1-35-22-13-15(12-20(29)26(22)33)14-23-27(34)32-25(18-8-4-5-9-21(18)30)19-11-10-16-6-2-3-7-17(16)24(19)31-28(32)36-23/h2-9,12-14,25,33H,10-11H2,1H3. The smallest absolute Gasteiger partial charge is 0.271 e. The summed E-state index contributed by atoms with van der Waals surface area (Å²) in [5.74, 6) is 0.339. The maximum atomic E-state index is 13.9. The van der Waals surface area contributed by atoms with Gasteiger partial charge in [0, 0.05) is 10.6 Å². The molecule has 4 aromatic rings. The molecule has 1 aliphatic heterocycles. The van der Waals surface area contributed by atoms with Gasteiger partial charge in [0.15, 0.2) is 16.3 Å². The molecule has 0 saturated carbocycles. The van der Waals surface area contributed by atoms with E-state index >= 15 is 0 Å². The average molecular weight is 580 g/mol. The van der Waals surface area contributed by atoms with E-state index in [1.807, 2.05) is 30.3 Å². The fourth-order valence-corrected chi connectivity index (χ4v) is 6.68. The number of hydrogen-bond donors (Lipinski definition) is 1. The zero-order valence-corrected chi connectivity index (χ0v) is 22.3. The number of rotatable bonds is 3. The van der Waals surface area contributed by atoms with Crippen LogP contribution in [0.3, 0.4) is 0 Å². The van der Waals surface area contributed by atoms with Gasteiger partial charge in [-0.2, -0.15) is 0 Å². The first-order valence-corrected chi connectivity index (χ1v) is 13.4. The van der Waals surface area contributed by atoms with Gasteiger partial charge < -0.3 is 9.84 Å². The SMILES string of the molecule is COc1cc(C=c2sc3n(c2=O)C(c2ccccc2Cl)C2=C(N=3)c3ccccc3CC2)cc(Br)c1O. The topological polar surface area (TPSA) is 63.8 Å². The molecule has 5 nitrogen and oxygen atoms in total. The highest BCUT2D eigenvalue weighted by Crippen LogP contribution is 2.42. The summed E-state index contributed by atoms with van der Waals surface area (Å²) in [6, 6.07) is 19.2. The van der Waals surface area contributed by atoms with E-state index in [9.17, 15) is 9.90 Å². The Morgan fingerprint density at radius 3 is 2.75 bits per heavy atom. The Morgan fingerprint density at radius 2 is 1.94 bits per heavy atom. The van der Waals surface area contributed by atoms with Crippen LogP contribution in [0.5, 0.6) is 11.5 Å². The number of fused-ring (bicyclic) bond motifs is 3. The number of aryl methyl sites for hydroxylation is 1. The molecule has 2 heterocycles. The lowest BCUT2D eigenvalue weighted by Crippen LogP contribution is -2.38. The van der Waals surface area contributed by atoms with Crippen molar-refractivity contribution in [1.82, 2.24) is 4.57 Å². The van der Waals surface area contributed by atoms with Crippen molar-refractivity contribution in [1.29, 1.82) is 0 Å². The van der Waals surface area contributed by atoms with Gasteiger partial charge in [-0.1, -0.05) is 65.4 Å². The molecule has 0 saturated heterocycles. The molecule has 1 aromatic heterocycles. The minimum absolute atomic E-state index is 0.0150. The molecule has 1 atom stereocenters. The van der Waals surface area contributed by atoms with Gasteiger partial charge in [-0.05, 0) is 75.3 Å². The predicted molar refractivity (Wildman–Crippen MR) is 147 cm³/mol. The molecule has 0 amide bonds. The van der Waals surface area contributed by atoms with Crippen molar-refractivity contribution in [3.05, 3.63) is 118 Å². The lowest BCUT2D eigenvalue weighted by molar-refractivity contribution is 0.372. The molecular weight excluding hydrogens is 560 g/mol. The van der Waals surface area contributed by atoms with Crippen LogP contribution in [-0.2, 0) is 6.42 Å². The van der Waals surface area contributed by atoms with E-state index in [-0.39, 0.29) is 17.4 Å². The molecule has 1 N–H and O–H groups in total. The average Bonchev–Trinajstić information content (AvgIpc) is 3.19. The maximum Gasteiger partial charge on any atom is 0.271 e. The highest BCUT2D eigenvalue weighted by atomic mass is 79.9. The lowest BCUT2D eigenvalue weighted by atomic mass is 9.83. The van der Waals surface area contributed by atoms with Crippen LogP contribution >= 0.6 is 38.9 Å². The number of phenolic OH excluding ortho intramolecular Hbond substituents is 1. The maximum absolute atomic E-state index is 13.9. The largest absolute Gasteiger partial charge is 0.503 e. The number of methoxy groups -OCH3 is 1. The molecule has 2 aliphatic rings. The molecule has 0 radical (unpaired) electrons. The first-order chi connectivity index (χ1) is 17.5. The second-order valence-electron chi connectivity index (χ2n) is 8.69. The Kier molecular flexibility index (Phi) is 5.86. The van der Waals surface area contributed by atoms with Crippen LogP contribution in [0.15, 0.2) is 80.5 Å². The van der Waals surface area contributed by atoms with Gasteiger partial charge in [-0.25, -0.2) is 4.99 Å². The Bertz CT molecular complexity index is 1760. The van der Waals surface area contributed by atoms with Crippen LogP contribution in [0.25, 0.3) is 11.8 Å². The third-order valence-electron chi connectivity index (χ3n) is 6.64. The van der Waals surface area contributed by atoms with Crippen molar-refractivity contribution < 1.29 is 9.84 Å². The van der Waals surface area contributed by atoms with Crippen LogP contribution < -0.4 is 19.6 Å². The molecule has 0 fully saturated rings. The Morgan fingerprint density at radius 1 is 1.17 bits per heavy atom. The number of benzene rings is 3. The monoisotopic (exact) mass is 578 g/mol. The predicted octanol–water partition coefficient (Wildman–Crippen LogP) is 5.45. The summed E-state index contributed by atoms with van der Waals surface area (Å²) < 4.78 is 8.08. The number of nitrogens with zero attached hydrogens (tertiary/aromatic N) is 2. The first-order valence-electron chi connectivity index (χ1n) is 11.4. The molecule has 1 aliphatic carbocycles. The fraction of sp³-hybridized carbons (Fsp3) is 0.143. The van der Waals surface area contributed by atoms with E-state index in [0.717, 1.165) is 40.8 Å². The minimum atomic E-state index is -0.332. The summed E-state index contributed by atoms with van der Waals surface area (Å²) in [4.78, 5) is 19.5. The number of halogens is 2. The Balaban J connectivity index is 1.63. The van der Waals surface area contributed by atoms with E-state index in [2.05, 4.69) is 34.1 Å². The van der Waals surface area contributed by atoms with Crippen LogP contribution in [0.2, 0.25) is 5.02 Å². The van der Waals surface area contributed by atoms with E-state index in [4.69, 9.17) is 21.3 Å². The molecule has 36 heavy (non-hydrogen) atoms. The van der Waals surface area contributed by atoms with Gasteiger partial charge in [0.25, 0.3) is 5.56 Å². The van der Waals surface area contributed by atoms with E-state index < -0.39 is 0 Å². The Labute approximate surface area is 224 Å². The summed E-state index contributed by atoms with van der Waals surface area (Å²) in [7, 11) is 1.49. The van der Waals surface area contributed by atoms with Crippen molar-refractivity contribution >= 4 is 50.6 Å². The summed E-state index contributed by atoms with van der Waals surface area (Å²) in [6.45, 7) is 0. The second kappa shape index (κ2) is 9.07. The highest BCUT2D eigenvalue weighted by molar-refractivity contribution is 9.10. The van der Waals surface area contributed by atoms with Gasteiger partial charge in [-0.15, -0.1) is 0 Å². The van der Waals surface area contributed by atoms with E-state index in [1.54, 1.807) is 22.8 Å². The van der Waals surface area contributed by atoms with Crippen LogP contribution in [0, 0.1) is 0 Å². The number of ether oxygens (including phenoxy) is 1. The summed E-state index contributed by atoms with van der Waals surface area (Å²) in [5, 5.41) is 10.8. The molecule has 1 unspecified atom stereocenters. The normalized spacial score (nSPS) is 16.8. The minimum Gasteiger partial charge on any atom is -0.503 e. The fourth-order valence-electron chi connectivity index (χ4n) is 4.98. The van der Waals surface area contributed by atoms with Crippen LogP contribution in [-0.4, -0.2) is 16.8 Å². The second-order valence-corrected chi connectivity index (χ2v) is 11.0. The molecule has 180 valence electrons. The summed E-state index contributed by atoms with van der Waals surface area (Å²) >= 11 is 11.4. The number of phenols is 1. The molecule has 0 spiro atoms. The van der Waals surface area contributed by atoms with Crippen molar-refractivity contribution in [2.75, 3.05) is 7.11 Å². The third-order valence-corrected chi connectivity index (χ3v) is 8.57. The van der Waals surface area contributed by atoms with Crippen molar-refractivity contribution in [3.8, 4) is 11.5 Å². The zero-order chi connectivity index (χ0) is 25.0. The van der Waals surface area contributed by atoms with Gasteiger partial charge in [-0.3, -0.25) is 9.36 Å². The van der Waals surface area contributed by atoms with Gasteiger partial charge in [0.1, 0.15) is 0 Å². The number of thiazole rings is 1. The van der Waals surface area contributed by atoms with Crippen molar-refractivity contribution in [2.45, 2.75) is 18.9 Å². The molecule has 6 rings (SSSR count).